The van der Waals surface area contributed by atoms with E-state index in [0.29, 0.717) is 21.5 Å². The van der Waals surface area contributed by atoms with Gasteiger partial charge in [-0.25, -0.2) is 8.42 Å². The predicted octanol–water partition coefficient (Wildman–Crippen LogP) is 5.57. The zero-order valence-electron chi connectivity index (χ0n) is 15.9. The first-order chi connectivity index (χ1) is 13.7. The summed E-state index contributed by atoms with van der Waals surface area (Å²) in [5, 5.41) is 7.18. The molecule has 3 N–H and O–H groups in total. The standard InChI is InChI=1S/C21H20ClN3O2S2/c1-14-4-3-5-20(15(14)2)24-21(28)23-17-10-12-19(13-11-17)29(26,27)25-18-8-6-16(22)7-9-18/h3-13,25H,1-2H3,(H2,23,24,28). The number of benzene rings is 3. The first-order valence-corrected chi connectivity index (χ1v) is 11.0. The second kappa shape index (κ2) is 8.82. The van der Waals surface area contributed by atoms with Gasteiger partial charge in [-0.1, -0.05) is 23.7 Å². The first kappa shape index (κ1) is 21.1. The van der Waals surface area contributed by atoms with Gasteiger partial charge in [0.25, 0.3) is 10.0 Å². The third-order valence-electron chi connectivity index (χ3n) is 4.37. The molecule has 0 saturated heterocycles. The van der Waals surface area contributed by atoms with Gasteiger partial charge in [0.15, 0.2) is 5.11 Å². The second-order valence-electron chi connectivity index (χ2n) is 6.46. The fourth-order valence-electron chi connectivity index (χ4n) is 2.62. The van der Waals surface area contributed by atoms with Gasteiger partial charge in [0.2, 0.25) is 0 Å². The van der Waals surface area contributed by atoms with Crippen LogP contribution in [0.15, 0.2) is 71.6 Å². The summed E-state index contributed by atoms with van der Waals surface area (Å²) in [5.41, 5.74) is 4.33. The van der Waals surface area contributed by atoms with Crippen LogP contribution in [0.2, 0.25) is 5.02 Å². The summed E-state index contributed by atoms with van der Waals surface area (Å²) in [6, 6.07) is 18.7. The average molecular weight is 446 g/mol. The van der Waals surface area contributed by atoms with Crippen LogP contribution in [0.1, 0.15) is 11.1 Å². The highest BCUT2D eigenvalue weighted by molar-refractivity contribution is 7.92. The van der Waals surface area contributed by atoms with E-state index in [4.69, 9.17) is 23.8 Å². The number of anilines is 3. The molecule has 0 spiro atoms. The van der Waals surface area contributed by atoms with Crippen LogP contribution in [0.5, 0.6) is 0 Å². The number of hydrogen-bond acceptors (Lipinski definition) is 3. The van der Waals surface area contributed by atoms with Gasteiger partial charge in [-0.3, -0.25) is 4.72 Å². The molecule has 0 saturated carbocycles. The van der Waals surface area contributed by atoms with E-state index in [1.165, 1.54) is 17.7 Å². The molecule has 3 aromatic carbocycles. The van der Waals surface area contributed by atoms with Crippen molar-refractivity contribution in [3.63, 3.8) is 0 Å². The molecule has 8 heteroatoms. The molecule has 0 radical (unpaired) electrons. The van der Waals surface area contributed by atoms with Crippen LogP contribution in [0.3, 0.4) is 0 Å². The zero-order valence-corrected chi connectivity index (χ0v) is 18.3. The topological polar surface area (TPSA) is 70.2 Å². The van der Waals surface area contributed by atoms with Crippen molar-refractivity contribution in [3.8, 4) is 0 Å². The van der Waals surface area contributed by atoms with Gasteiger partial charge >= 0.3 is 0 Å². The summed E-state index contributed by atoms with van der Waals surface area (Å²) in [6.07, 6.45) is 0. The molecular formula is C21H20ClN3O2S2. The maximum absolute atomic E-state index is 12.5. The molecule has 3 aromatic rings. The van der Waals surface area contributed by atoms with E-state index >= 15 is 0 Å². The molecule has 0 aliphatic carbocycles. The Morgan fingerprint density at radius 1 is 0.862 bits per heavy atom. The molecule has 0 heterocycles. The monoisotopic (exact) mass is 445 g/mol. The van der Waals surface area contributed by atoms with Crippen molar-refractivity contribution in [2.45, 2.75) is 18.7 Å². The van der Waals surface area contributed by atoms with E-state index in [-0.39, 0.29) is 4.90 Å². The molecule has 0 aliphatic heterocycles. The third-order valence-corrected chi connectivity index (χ3v) is 6.23. The number of thiocarbonyl (C=S) groups is 1. The Balaban J connectivity index is 1.67. The van der Waals surface area contributed by atoms with Crippen molar-refractivity contribution in [2.75, 3.05) is 15.4 Å². The molecule has 29 heavy (non-hydrogen) atoms. The van der Waals surface area contributed by atoms with Crippen LogP contribution in [0.25, 0.3) is 0 Å². The van der Waals surface area contributed by atoms with Crippen LogP contribution < -0.4 is 15.4 Å². The molecule has 150 valence electrons. The Morgan fingerprint density at radius 3 is 2.14 bits per heavy atom. The second-order valence-corrected chi connectivity index (χ2v) is 8.99. The van der Waals surface area contributed by atoms with Crippen LogP contribution in [0.4, 0.5) is 17.1 Å². The minimum Gasteiger partial charge on any atom is -0.332 e. The van der Waals surface area contributed by atoms with Crippen molar-refractivity contribution in [1.29, 1.82) is 0 Å². The van der Waals surface area contributed by atoms with Crippen LogP contribution in [0, 0.1) is 13.8 Å². The number of sulfonamides is 1. The molecule has 3 rings (SSSR count). The van der Waals surface area contributed by atoms with Gasteiger partial charge in [-0.2, -0.15) is 0 Å². The molecule has 0 unspecified atom stereocenters. The maximum Gasteiger partial charge on any atom is 0.261 e. The van der Waals surface area contributed by atoms with Crippen molar-refractivity contribution < 1.29 is 8.42 Å². The van der Waals surface area contributed by atoms with Gasteiger partial charge in [-0.05, 0) is 91.8 Å². The smallest absolute Gasteiger partial charge is 0.261 e. The SMILES string of the molecule is Cc1cccc(NC(=S)Nc2ccc(S(=O)(=O)Nc3ccc(Cl)cc3)cc2)c1C. The van der Waals surface area contributed by atoms with E-state index in [1.807, 2.05) is 32.0 Å². The van der Waals surface area contributed by atoms with Crippen LogP contribution in [-0.4, -0.2) is 13.5 Å². The van der Waals surface area contributed by atoms with Crippen LogP contribution in [-0.2, 0) is 10.0 Å². The van der Waals surface area contributed by atoms with Crippen molar-refractivity contribution in [3.05, 3.63) is 82.9 Å². The first-order valence-electron chi connectivity index (χ1n) is 8.77. The van der Waals surface area contributed by atoms with E-state index in [9.17, 15) is 8.42 Å². The third kappa shape index (κ3) is 5.47. The lowest BCUT2D eigenvalue weighted by molar-refractivity contribution is 0.601. The molecule has 0 bridgehead atoms. The van der Waals surface area contributed by atoms with E-state index in [0.717, 1.165) is 11.3 Å². The summed E-state index contributed by atoms with van der Waals surface area (Å²) in [4.78, 5) is 0.145. The zero-order chi connectivity index (χ0) is 21.0. The number of hydrogen-bond donors (Lipinski definition) is 3. The summed E-state index contributed by atoms with van der Waals surface area (Å²) in [6.45, 7) is 4.06. The molecule has 0 aromatic heterocycles. The summed E-state index contributed by atoms with van der Waals surface area (Å²) in [7, 11) is -3.70. The molecular weight excluding hydrogens is 426 g/mol. The van der Waals surface area contributed by atoms with Gasteiger partial charge in [0.05, 0.1) is 4.90 Å². The fraction of sp³-hybridized carbons (Fsp3) is 0.0952. The Labute approximate surface area is 181 Å². The molecule has 0 fully saturated rings. The van der Waals surface area contributed by atoms with Gasteiger partial charge in [0, 0.05) is 22.1 Å². The lowest BCUT2D eigenvalue weighted by Gasteiger charge is -2.14. The van der Waals surface area contributed by atoms with Gasteiger partial charge in [0.1, 0.15) is 0 Å². The van der Waals surface area contributed by atoms with Gasteiger partial charge in [-0.15, -0.1) is 0 Å². The van der Waals surface area contributed by atoms with Crippen molar-refractivity contribution in [1.82, 2.24) is 0 Å². The van der Waals surface area contributed by atoms with E-state index in [1.54, 1.807) is 36.4 Å². The largest absolute Gasteiger partial charge is 0.332 e. The summed E-state index contributed by atoms with van der Waals surface area (Å²) < 4.78 is 27.6. The minimum absolute atomic E-state index is 0.145. The highest BCUT2D eigenvalue weighted by Gasteiger charge is 2.14. The maximum atomic E-state index is 12.5. The number of halogens is 1. The number of nitrogens with one attached hydrogen (secondary N) is 3. The lowest BCUT2D eigenvalue weighted by atomic mass is 10.1. The van der Waals surface area contributed by atoms with Crippen molar-refractivity contribution >= 4 is 56.0 Å². The Bertz CT molecular complexity index is 1130. The summed E-state index contributed by atoms with van der Waals surface area (Å²) >= 11 is 11.2. The normalized spacial score (nSPS) is 11.0. The Hall–Kier alpha value is -2.61. The lowest BCUT2D eigenvalue weighted by Crippen LogP contribution is -2.20. The summed E-state index contributed by atoms with van der Waals surface area (Å²) in [5.74, 6) is 0. The predicted molar refractivity (Wildman–Crippen MR) is 124 cm³/mol. The highest BCUT2D eigenvalue weighted by atomic mass is 35.5. The van der Waals surface area contributed by atoms with Crippen LogP contribution >= 0.6 is 23.8 Å². The molecule has 0 amide bonds. The Morgan fingerprint density at radius 2 is 1.48 bits per heavy atom. The number of rotatable bonds is 5. The molecule has 0 aliphatic rings. The minimum atomic E-state index is -3.70. The molecule has 0 atom stereocenters. The molecule has 5 nitrogen and oxygen atoms in total. The highest BCUT2D eigenvalue weighted by Crippen LogP contribution is 2.21. The number of aryl methyl sites for hydroxylation is 1. The Kier molecular flexibility index (Phi) is 6.42. The van der Waals surface area contributed by atoms with Crippen molar-refractivity contribution in [2.24, 2.45) is 0 Å². The fourth-order valence-corrected chi connectivity index (χ4v) is 4.03. The van der Waals surface area contributed by atoms with Gasteiger partial charge < -0.3 is 10.6 Å². The average Bonchev–Trinajstić information content (AvgIpc) is 2.67. The van der Waals surface area contributed by atoms with E-state index < -0.39 is 10.0 Å². The quantitative estimate of drug-likeness (QED) is 0.448. The van der Waals surface area contributed by atoms with E-state index in [2.05, 4.69) is 15.4 Å².